The van der Waals surface area contributed by atoms with Crippen molar-refractivity contribution in [1.82, 2.24) is 15.5 Å². The van der Waals surface area contributed by atoms with E-state index >= 15 is 0 Å². The van der Waals surface area contributed by atoms with Gasteiger partial charge in [-0.1, -0.05) is 30.3 Å². The molecule has 0 aliphatic carbocycles. The summed E-state index contributed by atoms with van der Waals surface area (Å²) >= 11 is 0. The normalized spacial score (nSPS) is 23.6. The SMILES string of the molecule is O=C(CN1CCC2NCNC2C1c1cccc(F)c1)Nc1cccc2ccc(O)cc12. The Labute approximate surface area is 180 Å². The molecule has 2 heterocycles. The van der Waals surface area contributed by atoms with Gasteiger partial charge in [0.2, 0.25) is 5.91 Å². The van der Waals surface area contributed by atoms with E-state index in [0.717, 1.165) is 29.3 Å². The van der Waals surface area contributed by atoms with Crippen molar-refractivity contribution in [2.24, 2.45) is 0 Å². The van der Waals surface area contributed by atoms with Crippen LogP contribution >= 0.6 is 0 Å². The van der Waals surface area contributed by atoms with E-state index in [1.54, 1.807) is 24.3 Å². The number of phenolic OH excluding ortho intramolecular Hbond substituents is 1. The molecule has 4 N–H and O–H groups in total. The highest BCUT2D eigenvalue weighted by molar-refractivity contribution is 6.03. The number of nitrogens with one attached hydrogen (secondary N) is 3. The Morgan fingerprint density at radius 3 is 2.87 bits per heavy atom. The van der Waals surface area contributed by atoms with E-state index < -0.39 is 0 Å². The number of hydrogen-bond donors (Lipinski definition) is 4. The average molecular weight is 420 g/mol. The van der Waals surface area contributed by atoms with E-state index in [2.05, 4.69) is 20.9 Å². The lowest BCUT2D eigenvalue weighted by molar-refractivity contribution is -0.118. The number of likely N-dealkylation sites (tertiary alicyclic amines) is 1. The minimum absolute atomic E-state index is 0.105. The minimum atomic E-state index is -0.273. The van der Waals surface area contributed by atoms with Gasteiger partial charge < -0.3 is 10.4 Å². The van der Waals surface area contributed by atoms with Gasteiger partial charge in [0.05, 0.1) is 12.6 Å². The van der Waals surface area contributed by atoms with Crippen LogP contribution in [-0.2, 0) is 4.79 Å². The molecule has 31 heavy (non-hydrogen) atoms. The summed E-state index contributed by atoms with van der Waals surface area (Å²) in [5.74, 6) is -0.255. The highest BCUT2D eigenvalue weighted by atomic mass is 19.1. The number of nitrogens with zero attached hydrogens (tertiary/aromatic N) is 1. The van der Waals surface area contributed by atoms with Gasteiger partial charge in [-0.25, -0.2) is 4.39 Å². The first-order chi connectivity index (χ1) is 15.1. The van der Waals surface area contributed by atoms with Crippen molar-refractivity contribution in [1.29, 1.82) is 0 Å². The third kappa shape index (κ3) is 3.99. The second-order valence-electron chi connectivity index (χ2n) is 8.24. The molecular formula is C24H25FN4O2. The summed E-state index contributed by atoms with van der Waals surface area (Å²) in [7, 11) is 0. The Morgan fingerprint density at radius 1 is 1.13 bits per heavy atom. The number of anilines is 1. The lowest BCUT2D eigenvalue weighted by Crippen LogP contribution is -2.54. The van der Waals surface area contributed by atoms with Crippen LogP contribution in [0.15, 0.2) is 60.7 Å². The Hall–Kier alpha value is -3.00. The van der Waals surface area contributed by atoms with E-state index in [9.17, 15) is 14.3 Å². The molecule has 0 aromatic heterocycles. The van der Waals surface area contributed by atoms with Gasteiger partial charge in [0.1, 0.15) is 11.6 Å². The fourth-order valence-corrected chi connectivity index (χ4v) is 4.89. The monoisotopic (exact) mass is 420 g/mol. The van der Waals surface area contributed by atoms with Crippen molar-refractivity contribution in [3.05, 3.63) is 72.0 Å². The number of fused-ring (bicyclic) bond motifs is 2. The molecule has 3 aromatic rings. The summed E-state index contributed by atoms with van der Waals surface area (Å²) in [6.07, 6.45) is 0.916. The summed E-state index contributed by atoms with van der Waals surface area (Å²) in [4.78, 5) is 15.1. The predicted molar refractivity (Wildman–Crippen MR) is 118 cm³/mol. The lowest BCUT2D eigenvalue weighted by atomic mass is 9.87. The Balaban J connectivity index is 1.39. The van der Waals surface area contributed by atoms with Crippen LogP contribution in [0, 0.1) is 5.82 Å². The van der Waals surface area contributed by atoms with Gasteiger partial charge in [0.15, 0.2) is 0 Å². The second-order valence-corrected chi connectivity index (χ2v) is 8.24. The summed E-state index contributed by atoms with van der Waals surface area (Å²) in [5, 5.41) is 21.5. The molecule has 6 nitrogen and oxygen atoms in total. The van der Waals surface area contributed by atoms with Crippen LogP contribution in [-0.4, -0.2) is 47.8 Å². The number of phenols is 1. The number of benzene rings is 3. The molecule has 2 saturated heterocycles. The average Bonchev–Trinajstić information content (AvgIpc) is 3.23. The largest absolute Gasteiger partial charge is 0.508 e. The zero-order valence-corrected chi connectivity index (χ0v) is 17.0. The third-order valence-electron chi connectivity index (χ3n) is 6.27. The molecule has 0 saturated carbocycles. The topological polar surface area (TPSA) is 76.6 Å². The Morgan fingerprint density at radius 2 is 2.00 bits per heavy atom. The van der Waals surface area contributed by atoms with Crippen LogP contribution in [0.4, 0.5) is 10.1 Å². The van der Waals surface area contributed by atoms with Crippen LogP contribution in [0.5, 0.6) is 5.75 Å². The molecule has 2 aliphatic heterocycles. The van der Waals surface area contributed by atoms with E-state index in [1.165, 1.54) is 6.07 Å². The maximum Gasteiger partial charge on any atom is 0.238 e. The molecule has 2 fully saturated rings. The second kappa shape index (κ2) is 8.26. The third-order valence-corrected chi connectivity index (χ3v) is 6.27. The molecule has 160 valence electrons. The van der Waals surface area contributed by atoms with Crippen LogP contribution in [0.1, 0.15) is 18.0 Å². The zero-order chi connectivity index (χ0) is 21.4. The standard InChI is InChI=1S/C24H25FN4O2/c25-17-5-1-4-16(11-17)24-23-21(26-14-27-23)9-10-29(24)13-22(31)28-20-6-2-3-15-7-8-18(30)12-19(15)20/h1-8,11-12,21,23-24,26-27,30H,9-10,13-14H2,(H,28,31). The van der Waals surface area contributed by atoms with E-state index in [-0.39, 0.29) is 36.1 Å². The van der Waals surface area contributed by atoms with Crippen molar-refractivity contribution in [3.8, 4) is 5.75 Å². The quantitative estimate of drug-likeness (QED) is 0.522. The molecule has 0 bridgehead atoms. The number of amides is 1. The molecule has 3 unspecified atom stereocenters. The summed E-state index contributed by atoms with van der Waals surface area (Å²) in [6.45, 7) is 1.64. The Bertz CT molecular complexity index is 1120. The minimum Gasteiger partial charge on any atom is -0.508 e. The zero-order valence-electron chi connectivity index (χ0n) is 17.0. The fraction of sp³-hybridized carbons (Fsp3) is 0.292. The first-order valence-electron chi connectivity index (χ1n) is 10.6. The molecule has 0 spiro atoms. The predicted octanol–water partition coefficient (Wildman–Crippen LogP) is 2.96. The van der Waals surface area contributed by atoms with E-state index in [0.29, 0.717) is 18.4 Å². The molecule has 7 heteroatoms. The molecule has 0 radical (unpaired) electrons. The van der Waals surface area contributed by atoms with Crippen molar-refractivity contribution in [2.75, 3.05) is 25.1 Å². The van der Waals surface area contributed by atoms with Crippen molar-refractivity contribution < 1.29 is 14.3 Å². The molecule has 5 rings (SSSR count). The highest BCUT2D eigenvalue weighted by Crippen LogP contribution is 2.33. The number of carbonyl (C=O) groups excluding carboxylic acids is 1. The lowest BCUT2D eigenvalue weighted by Gasteiger charge is -2.42. The van der Waals surface area contributed by atoms with Gasteiger partial charge in [0.25, 0.3) is 0 Å². The van der Waals surface area contributed by atoms with Gasteiger partial charge in [-0.3, -0.25) is 20.3 Å². The number of piperidine rings is 1. The summed E-state index contributed by atoms with van der Waals surface area (Å²) < 4.78 is 14.0. The molecule has 1 amide bonds. The molecule has 3 atom stereocenters. The van der Waals surface area contributed by atoms with E-state index in [4.69, 9.17) is 0 Å². The molecular weight excluding hydrogens is 395 g/mol. The summed E-state index contributed by atoms with van der Waals surface area (Å²) in [6, 6.07) is 17.7. The number of hydrogen-bond acceptors (Lipinski definition) is 5. The van der Waals surface area contributed by atoms with Crippen molar-refractivity contribution in [3.63, 3.8) is 0 Å². The Kier molecular flexibility index (Phi) is 5.31. The van der Waals surface area contributed by atoms with Crippen LogP contribution < -0.4 is 16.0 Å². The summed E-state index contributed by atoms with van der Waals surface area (Å²) in [5.41, 5.74) is 1.53. The number of aromatic hydroxyl groups is 1. The van der Waals surface area contributed by atoms with Crippen LogP contribution in [0.2, 0.25) is 0 Å². The smallest absolute Gasteiger partial charge is 0.238 e. The van der Waals surface area contributed by atoms with Crippen LogP contribution in [0.25, 0.3) is 10.8 Å². The van der Waals surface area contributed by atoms with Crippen molar-refractivity contribution in [2.45, 2.75) is 24.5 Å². The molecule has 3 aromatic carbocycles. The van der Waals surface area contributed by atoms with Crippen LogP contribution in [0.3, 0.4) is 0 Å². The van der Waals surface area contributed by atoms with Gasteiger partial charge in [0, 0.05) is 36.4 Å². The first kappa shape index (κ1) is 19.9. The van der Waals surface area contributed by atoms with E-state index in [1.807, 2.05) is 30.3 Å². The molecule has 2 aliphatic rings. The van der Waals surface area contributed by atoms with Gasteiger partial charge in [-0.05, 0) is 47.7 Å². The number of rotatable bonds is 4. The number of halogens is 1. The highest BCUT2D eigenvalue weighted by Gasteiger charge is 2.41. The fourth-order valence-electron chi connectivity index (χ4n) is 4.89. The first-order valence-corrected chi connectivity index (χ1v) is 10.6. The van der Waals surface area contributed by atoms with Gasteiger partial charge in [-0.2, -0.15) is 0 Å². The van der Waals surface area contributed by atoms with Gasteiger partial charge in [-0.15, -0.1) is 0 Å². The van der Waals surface area contributed by atoms with Crippen molar-refractivity contribution >= 4 is 22.4 Å². The maximum absolute atomic E-state index is 14.0. The van der Waals surface area contributed by atoms with Gasteiger partial charge >= 0.3 is 0 Å². The number of carbonyl (C=O) groups is 1. The maximum atomic E-state index is 14.0.